The third-order valence-electron chi connectivity index (χ3n) is 5.03. The molecule has 0 aliphatic heterocycles. The van der Waals surface area contributed by atoms with Crippen LogP contribution in [0.5, 0.6) is 0 Å². The van der Waals surface area contributed by atoms with Crippen LogP contribution in [0, 0.1) is 19.3 Å². The average Bonchev–Trinajstić information content (AvgIpc) is 3.11. The summed E-state index contributed by atoms with van der Waals surface area (Å²) in [5, 5.41) is 6.35. The summed E-state index contributed by atoms with van der Waals surface area (Å²) in [7, 11) is 0. The van der Waals surface area contributed by atoms with E-state index >= 15 is 0 Å². The van der Waals surface area contributed by atoms with E-state index in [0.717, 1.165) is 21.1 Å². The second-order valence-corrected chi connectivity index (χ2v) is 8.92. The Balaban J connectivity index is 1.92. The molecular formula is C22H23ClF3N3O2. The van der Waals surface area contributed by atoms with E-state index in [1.165, 1.54) is 12.3 Å². The Hall–Kier alpha value is -2.61. The van der Waals surface area contributed by atoms with E-state index in [1.807, 2.05) is 25.1 Å². The van der Waals surface area contributed by atoms with Gasteiger partial charge >= 0.3 is 12.1 Å². The Morgan fingerprint density at radius 1 is 1.16 bits per heavy atom. The molecule has 0 aliphatic carbocycles. The van der Waals surface area contributed by atoms with Crippen LogP contribution in [0.4, 0.5) is 13.2 Å². The van der Waals surface area contributed by atoms with Crippen molar-refractivity contribution in [2.75, 3.05) is 0 Å². The van der Waals surface area contributed by atoms with Crippen LogP contribution in [0.15, 0.2) is 30.5 Å². The van der Waals surface area contributed by atoms with Gasteiger partial charge in [-0.1, -0.05) is 18.2 Å². The number of benzene rings is 1. The molecule has 2 heterocycles. The predicted octanol–water partition coefficient (Wildman–Crippen LogP) is 5.78. The largest absolute Gasteiger partial charge is 0.460 e. The first-order chi connectivity index (χ1) is 14.3. The van der Waals surface area contributed by atoms with Crippen LogP contribution in [0.2, 0.25) is 0 Å². The average molecular weight is 454 g/mol. The number of pyridine rings is 1. The van der Waals surface area contributed by atoms with E-state index in [1.54, 1.807) is 27.7 Å². The molecule has 9 heteroatoms. The third-order valence-corrected chi connectivity index (χ3v) is 5.52. The molecule has 0 saturated heterocycles. The van der Waals surface area contributed by atoms with Crippen LogP contribution in [0.1, 0.15) is 59.8 Å². The highest BCUT2D eigenvalue weighted by atomic mass is 35.5. The summed E-state index contributed by atoms with van der Waals surface area (Å²) in [5.74, 6) is -1.39. The molecule has 3 aromatic rings. The first-order valence-corrected chi connectivity index (χ1v) is 10.1. The minimum Gasteiger partial charge on any atom is -0.460 e. The number of carbonyl (C=O) groups is 1. The Morgan fingerprint density at radius 2 is 1.84 bits per heavy atom. The van der Waals surface area contributed by atoms with Crippen molar-refractivity contribution in [3.8, 4) is 0 Å². The van der Waals surface area contributed by atoms with Gasteiger partial charge in [-0.2, -0.15) is 13.2 Å². The van der Waals surface area contributed by atoms with Gasteiger partial charge in [-0.25, -0.2) is 0 Å². The normalized spacial score (nSPS) is 13.5. The van der Waals surface area contributed by atoms with Gasteiger partial charge in [0.15, 0.2) is 5.65 Å². The molecule has 3 rings (SSSR count). The molecule has 166 valence electrons. The molecule has 1 aromatic carbocycles. The maximum atomic E-state index is 13.1. The fourth-order valence-corrected chi connectivity index (χ4v) is 3.48. The summed E-state index contributed by atoms with van der Waals surface area (Å²) in [6.45, 7) is 9.01. The van der Waals surface area contributed by atoms with Gasteiger partial charge in [0, 0.05) is 6.20 Å². The number of ether oxygens (including phenoxy) is 1. The number of nitrogens with zero attached hydrogens (tertiary/aromatic N) is 3. The minimum atomic E-state index is -4.61. The molecule has 0 amide bonds. The molecule has 0 radical (unpaired) electrons. The van der Waals surface area contributed by atoms with Crippen molar-refractivity contribution in [1.82, 2.24) is 14.6 Å². The second-order valence-electron chi connectivity index (χ2n) is 8.49. The standard InChI is InChI=1S/C22H23ClF3N3O2/c1-12-6-7-14(10-15(12)11-31-20(30)21(3,4)5)17(23)16-8-9-29-18(13(16)2)27-28-19(29)22(24,25)26/h6-10,17H,11H2,1-5H3. The number of hydrogen-bond donors (Lipinski definition) is 0. The van der Waals surface area contributed by atoms with E-state index in [4.69, 9.17) is 16.3 Å². The summed E-state index contributed by atoms with van der Waals surface area (Å²) in [5.41, 5.74) is 3.10. The third kappa shape index (κ3) is 4.69. The molecule has 5 nitrogen and oxygen atoms in total. The molecule has 0 fully saturated rings. The molecule has 0 N–H and O–H groups in total. The van der Waals surface area contributed by atoms with E-state index in [9.17, 15) is 18.0 Å². The van der Waals surface area contributed by atoms with Crippen molar-refractivity contribution in [3.05, 3.63) is 64.1 Å². The summed E-state index contributed by atoms with van der Waals surface area (Å²) < 4.78 is 45.7. The van der Waals surface area contributed by atoms with Crippen molar-refractivity contribution in [1.29, 1.82) is 0 Å². The highest BCUT2D eigenvalue weighted by Gasteiger charge is 2.37. The number of hydrogen-bond acceptors (Lipinski definition) is 4. The quantitative estimate of drug-likeness (QED) is 0.371. The lowest BCUT2D eigenvalue weighted by atomic mass is 9.96. The van der Waals surface area contributed by atoms with Crippen molar-refractivity contribution in [3.63, 3.8) is 0 Å². The molecule has 0 aliphatic rings. The Morgan fingerprint density at radius 3 is 2.45 bits per heavy atom. The topological polar surface area (TPSA) is 56.5 Å². The van der Waals surface area contributed by atoms with Crippen molar-refractivity contribution in [2.24, 2.45) is 5.41 Å². The number of aromatic nitrogens is 3. The molecule has 1 unspecified atom stereocenters. The molecule has 0 bridgehead atoms. The van der Waals surface area contributed by atoms with Gasteiger partial charge in [0.2, 0.25) is 5.82 Å². The van der Waals surface area contributed by atoms with Gasteiger partial charge in [-0.05, 0) is 68.5 Å². The zero-order valence-electron chi connectivity index (χ0n) is 17.8. The zero-order chi connectivity index (χ0) is 23.1. The lowest BCUT2D eigenvalue weighted by Crippen LogP contribution is -2.22. The van der Waals surface area contributed by atoms with Gasteiger partial charge < -0.3 is 4.74 Å². The van der Waals surface area contributed by atoms with Crippen molar-refractivity contribution < 1.29 is 22.7 Å². The van der Waals surface area contributed by atoms with Gasteiger partial charge in [-0.3, -0.25) is 9.20 Å². The molecular weight excluding hydrogens is 431 g/mol. The number of rotatable bonds is 4. The fraction of sp³-hybridized carbons (Fsp3) is 0.409. The Kier molecular flexibility index (Phi) is 6.06. The maximum Gasteiger partial charge on any atom is 0.452 e. The first kappa shape index (κ1) is 23.1. The predicted molar refractivity (Wildman–Crippen MR) is 111 cm³/mol. The highest BCUT2D eigenvalue weighted by molar-refractivity contribution is 6.22. The Bertz CT molecular complexity index is 1130. The minimum absolute atomic E-state index is 0.0990. The number of fused-ring (bicyclic) bond motifs is 1. The van der Waals surface area contributed by atoms with E-state index < -0.39 is 22.8 Å². The lowest BCUT2D eigenvalue weighted by Gasteiger charge is -2.19. The summed E-state index contributed by atoms with van der Waals surface area (Å²) in [6.07, 6.45) is -3.33. The summed E-state index contributed by atoms with van der Waals surface area (Å²) >= 11 is 6.71. The number of alkyl halides is 4. The number of carbonyl (C=O) groups excluding carboxylic acids is 1. The molecule has 2 aromatic heterocycles. The van der Waals surface area contributed by atoms with Crippen LogP contribution in [0.3, 0.4) is 0 Å². The number of aryl methyl sites for hydroxylation is 2. The van der Waals surface area contributed by atoms with Gasteiger partial charge in [0.05, 0.1) is 10.8 Å². The van der Waals surface area contributed by atoms with Gasteiger partial charge in [0.25, 0.3) is 0 Å². The fourth-order valence-electron chi connectivity index (χ4n) is 3.11. The lowest BCUT2D eigenvalue weighted by molar-refractivity contribution is -0.154. The van der Waals surface area contributed by atoms with E-state index in [-0.39, 0.29) is 18.2 Å². The highest BCUT2D eigenvalue weighted by Crippen LogP contribution is 2.35. The van der Waals surface area contributed by atoms with E-state index in [0.29, 0.717) is 11.1 Å². The van der Waals surface area contributed by atoms with E-state index in [2.05, 4.69) is 10.2 Å². The maximum absolute atomic E-state index is 13.1. The van der Waals surface area contributed by atoms with Crippen molar-refractivity contribution in [2.45, 2.75) is 52.8 Å². The monoisotopic (exact) mass is 453 g/mol. The number of esters is 1. The van der Waals surface area contributed by atoms with Crippen LogP contribution in [0.25, 0.3) is 5.65 Å². The molecule has 31 heavy (non-hydrogen) atoms. The molecule has 1 atom stereocenters. The molecule has 0 saturated carbocycles. The van der Waals surface area contributed by atoms with Gasteiger partial charge in [0.1, 0.15) is 6.61 Å². The first-order valence-electron chi connectivity index (χ1n) is 9.63. The second kappa shape index (κ2) is 8.15. The Labute approximate surface area is 183 Å². The summed E-state index contributed by atoms with van der Waals surface area (Å²) in [6, 6.07) is 7.10. The van der Waals surface area contributed by atoms with Crippen LogP contribution < -0.4 is 0 Å². The smallest absolute Gasteiger partial charge is 0.452 e. The number of halogens is 4. The van der Waals surface area contributed by atoms with Crippen LogP contribution >= 0.6 is 11.6 Å². The van der Waals surface area contributed by atoms with Crippen molar-refractivity contribution >= 4 is 23.2 Å². The zero-order valence-corrected chi connectivity index (χ0v) is 18.6. The van der Waals surface area contributed by atoms with Gasteiger partial charge in [-0.15, -0.1) is 21.8 Å². The molecule has 0 spiro atoms. The van der Waals surface area contributed by atoms with Crippen LogP contribution in [-0.4, -0.2) is 20.6 Å². The summed E-state index contributed by atoms with van der Waals surface area (Å²) in [4.78, 5) is 12.1. The SMILES string of the molecule is Cc1ccc(C(Cl)c2ccn3c(C(F)(F)F)nnc3c2C)cc1COC(=O)C(C)(C)C. The van der Waals surface area contributed by atoms with Crippen LogP contribution in [-0.2, 0) is 22.3 Å².